The maximum absolute atomic E-state index is 12.3. The highest BCUT2D eigenvalue weighted by Gasteiger charge is 2.14. The first-order valence-electron chi connectivity index (χ1n) is 9.45. The molecule has 0 atom stereocenters. The van der Waals surface area contributed by atoms with E-state index in [2.05, 4.69) is 15.4 Å². The average Bonchev–Trinajstić information content (AvgIpc) is 3.09. The Labute approximate surface area is 184 Å². The monoisotopic (exact) mass is 448 g/mol. The number of rotatable bonds is 9. The first-order chi connectivity index (χ1) is 14.5. The lowest BCUT2D eigenvalue weighted by atomic mass is 10.2. The summed E-state index contributed by atoms with van der Waals surface area (Å²) in [5, 5.41) is 7.99. The minimum Gasteiger partial charge on any atom is -0.494 e. The fraction of sp³-hybridized carbons (Fsp3) is 0.286. The number of halogens is 2. The maximum atomic E-state index is 12.3. The molecular formula is C21H22Cl2N4O3. The van der Waals surface area contributed by atoms with Gasteiger partial charge >= 0.3 is 0 Å². The number of nitrogens with one attached hydrogen (secondary N) is 1. The van der Waals surface area contributed by atoms with E-state index in [1.807, 2.05) is 31.2 Å². The summed E-state index contributed by atoms with van der Waals surface area (Å²) in [6, 6.07) is 12.5. The number of carbonyl (C=O) groups excluding carboxylic acids is 1. The average molecular weight is 449 g/mol. The molecule has 9 heteroatoms. The lowest BCUT2D eigenvalue weighted by molar-refractivity contribution is -0.121. The van der Waals surface area contributed by atoms with Gasteiger partial charge in [0.1, 0.15) is 30.5 Å². The molecule has 0 unspecified atom stereocenters. The van der Waals surface area contributed by atoms with Crippen LogP contribution in [0.5, 0.6) is 11.5 Å². The van der Waals surface area contributed by atoms with Crippen molar-refractivity contribution in [3.05, 3.63) is 58.3 Å². The Bertz CT molecular complexity index is 1010. The van der Waals surface area contributed by atoms with Crippen molar-refractivity contribution >= 4 is 29.1 Å². The number of carbonyl (C=O) groups is 1. The number of hydrogen-bond acceptors (Lipinski definition) is 5. The number of aryl methyl sites for hydroxylation is 1. The zero-order valence-corrected chi connectivity index (χ0v) is 18.2. The van der Waals surface area contributed by atoms with Crippen molar-refractivity contribution in [1.29, 1.82) is 0 Å². The summed E-state index contributed by atoms with van der Waals surface area (Å²) in [7, 11) is 0. The van der Waals surface area contributed by atoms with E-state index < -0.39 is 0 Å². The molecule has 3 aromatic rings. The third-order valence-corrected chi connectivity index (χ3v) is 4.82. The maximum Gasteiger partial charge on any atom is 0.241 e. The lowest BCUT2D eigenvalue weighted by Crippen LogP contribution is -2.31. The summed E-state index contributed by atoms with van der Waals surface area (Å²) in [6.07, 6.45) is 0. The molecule has 0 saturated carbocycles. The molecule has 0 saturated heterocycles. The molecule has 1 amide bonds. The molecule has 0 aliphatic rings. The lowest BCUT2D eigenvalue weighted by Gasteiger charge is -2.10. The number of ether oxygens (including phenoxy) is 2. The summed E-state index contributed by atoms with van der Waals surface area (Å²) in [5.74, 6) is 2.41. The number of nitrogens with zero attached hydrogens (tertiary/aromatic N) is 3. The van der Waals surface area contributed by atoms with Crippen molar-refractivity contribution in [3.8, 4) is 22.9 Å². The van der Waals surface area contributed by atoms with Crippen LogP contribution in [0.15, 0.2) is 42.5 Å². The van der Waals surface area contributed by atoms with Crippen LogP contribution < -0.4 is 14.8 Å². The van der Waals surface area contributed by atoms with Crippen molar-refractivity contribution in [2.24, 2.45) is 0 Å². The van der Waals surface area contributed by atoms with Crippen LogP contribution in [0.4, 0.5) is 0 Å². The number of aromatic nitrogens is 3. The summed E-state index contributed by atoms with van der Waals surface area (Å²) >= 11 is 12.1. The molecule has 1 heterocycles. The van der Waals surface area contributed by atoms with Crippen LogP contribution >= 0.6 is 23.2 Å². The minimum atomic E-state index is -0.198. The second kappa shape index (κ2) is 10.3. The van der Waals surface area contributed by atoms with Gasteiger partial charge in [-0.25, -0.2) is 9.67 Å². The van der Waals surface area contributed by atoms with Crippen molar-refractivity contribution in [2.75, 3.05) is 19.8 Å². The smallest absolute Gasteiger partial charge is 0.241 e. The summed E-state index contributed by atoms with van der Waals surface area (Å²) in [6.45, 7) is 5.04. The summed E-state index contributed by atoms with van der Waals surface area (Å²) < 4.78 is 12.6. The standard InChI is InChI=1S/C21H22Cl2N4O3/c1-3-29-16-5-7-17(8-6-16)30-11-10-24-20(28)13-27-21(25-14(2)26-27)15-4-9-18(22)19(23)12-15/h4-9,12H,3,10-11,13H2,1-2H3,(H,24,28). The normalized spacial score (nSPS) is 10.7. The molecule has 1 N–H and O–H groups in total. The van der Waals surface area contributed by atoms with E-state index in [0.29, 0.717) is 47.2 Å². The van der Waals surface area contributed by atoms with Gasteiger partial charge in [0.15, 0.2) is 5.82 Å². The fourth-order valence-corrected chi connectivity index (χ4v) is 3.06. The molecule has 1 aromatic heterocycles. The van der Waals surface area contributed by atoms with Crippen LogP contribution in [-0.2, 0) is 11.3 Å². The molecule has 0 spiro atoms. The van der Waals surface area contributed by atoms with Crippen molar-refractivity contribution in [3.63, 3.8) is 0 Å². The Kier molecular flexibility index (Phi) is 7.54. The van der Waals surface area contributed by atoms with Gasteiger partial charge in [0.05, 0.1) is 23.2 Å². The van der Waals surface area contributed by atoms with Crippen molar-refractivity contribution in [2.45, 2.75) is 20.4 Å². The number of hydrogen-bond donors (Lipinski definition) is 1. The van der Waals surface area contributed by atoms with Crippen LogP contribution in [0.25, 0.3) is 11.4 Å². The predicted molar refractivity (Wildman–Crippen MR) is 116 cm³/mol. The van der Waals surface area contributed by atoms with Crippen LogP contribution in [0, 0.1) is 6.92 Å². The zero-order chi connectivity index (χ0) is 21.5. The molecule has 7 nitrogen and oxygen atoms in total. The third-order valence-electron chi connectivity index (χ3n) is 4.08. The molecule has 0 bridgehead atoms. The minimum absolute atomic E-state index is 0.0273. The molecule has 0 fully saturated rings. The zero-order valence-electron chi connectivity index (χ0n) is 16.7. The van der Waals surface area contributed by atoms with E-state index in [0.717, 1.165) is 11.3 Å². The topological polar surface area (TPSA) is 78.3 Å². The van der Waals surface area contributed by atoms with Crippen LogP contribution in [0.1, 0.15) is 12.7 Å². The van der Waals surface area contributed by atoms with E-state index in [1.165, 1.54) is 4.68 Å². The van der Waals surface area contributed by atoms with E-state index >= 15 is 0 Å². The van der Waals surface area contributed by atoms with Gasteiger partial charge in [-0.2, -0.15) is 5.10 Å². The van der Waals surface area contributed by atoms with Crippen molar-refractivity contribution < 1.29 is 14.3 Å². The van der Waals surface area contributed by atoms with E-state index in [-0.39, 0.29) is 12.5 Å². The molecule has 0 aliphatic carbocycles. The number of benzene rings is 2. The Hall–Kier alpha value is -2.77. The summed E-state index contributed by atoms with van der Waals surface area (Å²) in [5.41, 5.74) is 0.733. The fourth-order valence-electron chi connectivity index (χ4n) is 2.76. The van der Waals surface area contributed by atoms with E-state index in [4.69, 9.17) is 32.7 Å². The Morgan fingerprint density at radius 1 is 1.07 bits per heavy atom. The molecule has 0 aliphatic heterocycles. The van der Waals surface area contributed by atoms with Gasteiger partial charge in [0.25, 0.3) is 0 Å². The highest BCUT2D eigenvalue weighted by molar-refractivity contribution is 6.42. The van der Waals surface area contributed by atoms with Gasteiger partial charge in [0.2, 0.25) is 5.91 Å². The van der Waals surface area contributed by atoms with Crippen molar-refractivity contribution in [1.82, 2.24) is 20.1 Å². The third kappa shape index (κ3) is 5.87. The highest BCUT2D eigenvalue weighted by Crippen LogP contribution is 2.27. The van der Waals surface area contributed by atoms with Gasteiger partial charge in [0, 0.05) is 5.56 Å². The SMILES string of the molecule is CCOc1ccc(OCCNC(=O)Cn2nc(C)nc2-c2ccc(Cl)c(Cl)c2)cc1. The first kappa shape index (κ1) is 21.9. The van der Waals surface area contributed by atoms with Gasteiger partial charge in [-0.15, -0.1) is 0 Å². The van der Waals surface area contributed by atoms with Gasteiger partial charge in [-0.05, 0) is 56.3 Å². The van der Waals surface area contributed by atoms with Crippen LogP contribution in [-0.4, -0.2) is 40.4 Å². The first-order valence-corrected chi connectivity index (χ1v) is 10.2. The predicted octanol–water partition coefficient (Wildman–Crippen LogP) is 4.15. The molecule has 0 radical (unpaired) electrons. The van der Waals surface area contributed by atoms with E-state index in [9.17, 15) is 4.79 Å². The quantitative estimate of drug-likeness (QED) is 0.497. The van der Waals surface area contributed by atoms with Gasteiger partial charge in [-0.1, -0.05) is 23.2 Å². The van der Waals surface area contributed by atoms with Crippen LogP contribution in [0.2, 0.25) is 10.0 Å². The molecule has 2 aromatic carbocycles. The Morgan fingerprint density at radius 2 is 1.77 bits per heavy atom. The largest absolute Gasteiger partial charge is 0.494 e. The molecule has 3 rings (SSSR count). The summed E-state index contributed by atoms with van der Waals surface area (Å²) in [4.78, 5) is 16.7. The molecule has 158 valence electrons. The second-order valence-electron chi connectivity index (χ2n) is 6.37. The van der Waals surface area contributed by atoms with Crippen LogP contribution in [0.3, 0.4) is 0 Å². The Balaban J connectivity index is 1.52. The highest BCUT2D eigenvalue weighted by atomic mass is 35.5. The van der Waals surface area contributed by atoms with E-state index in [1.54, 1.807) is 25.1 Å². The molecule has 30 heavy (non-hydrogen) atoms. The van der Waals surface area contributed by atoms with Gasteiger partial charge < -0.3 is 14.8 Å². The second-order valence-corrected chi connectivity index (χ2v) is 7.19. The van der Waals surface area contributed by atoms with Gasteiger partial charge in [-0.3, -0.25) is 4.79 Å². The molecular weight excluding hydrogens is 427 g/mol. The number of amides is 1. The Morgan fingerprint density at radius 3 is 2.43 bits per heavy atom.